The number of nitrogens with zero attached hydrogens (tertiary/aromatic N) is 1. The van der Waals surface area contributed by atoms with E-state index in [1.165, 1.54) is 0 Å². The van der Waals surface area contributed by atoms with Crippen LogP contribution in [0.4, 0.5) is 0 Å². The molecule has 5 nitrogen and oxygen atoms in total. The average Bonchev–Trinajstić information content (AvgIpc) is 2.21. The average molecular weight is 215 g/mol. The summed E-state index contributed by atoms with van der Waals surface area (Å²) in [6.45, 7) is 5.11. The zero-order chi connectivity index (χ0) is 11.5. The van der Waals surface area contributed by atoms with Crippen LogP contribution in [0, 0.1) is 5.41 Å². The lowest BCUT2D eigenvalue weighted by Crippen LogP contribution is -2.60. The summed E-state index contributed by atoms with van der Waals surface area (Å²) in [5.41, 5.74) is 5.54. The first-order valence-corrected chi connectivity index (χ1v) is 5.25. The molecule has 1 saturated carbocycles. The van der Waals surface area contributed by atoms with Gasteiger partial charge in [-0.05, 0) is 6.42 Å². The van der Waals surface area contributed by atoms with Crippen LogP contribution in [-0.4, -0.2) is 36.8 Å². The van der Waals surface area contributed by atoms with Crippen LogP contribution in [0.5, 0.6) is 0 Å². The van der Waals surface area contributed by atoms with E-state index in [2.05, 4.69) is 24.3 Å². The third-order valence-corrected chi connectivity index (χ3v) is 3.36. The number of nitrogens with two attached hydrogens (primary N) is 1. The van der Waals surface area contributed by atoms with Gasteiger partial charge in [0.05, 0.1) is 6.10 Å². The Morgan fingerprint density at radius 2 is 2.33 bits per heavy atom. The van der Waals surface area contributed by atoms with Gasteiger partial charge in [-0.25, -0.2) is 0 Å². The molecular formula is C10H21N3O2. The highest BCUT2D eigenvalue weighted by Crippen LogP contribution is 2.42. The number of rotatable bonds is 5. The van der Waals surface area contributed by atoms with Crippen molar-refractivity contribution in [3.05, 3.63) is 0 Å². The lowest BCUT2D eigenvalue weighted by Gasteiger charge is -2.51. The molecule has 1 aliphatic rings. The summed E-state index contributed by atoms with van der Waals surface area (Å²) in [6.07, 6.45) is 1.93. The molecule has 0 aliphatic heterocycles. The first-order chi connectivity index (χ1) is 7.02. The van der Waals surface area contributed by atoms with Crippen molar-refractivity contribution in [1.82, 2.24) is 5.32 Å². The monoisotopic (exact) mass is 215 g/mol. The molecule has 15 heavy (non-hydrogen) atoms. The quantitative estimate of drug-likeness (QED) is 0.270. The lowest BCUT2D eigenvalue weighted by molar-refractivity contribution is -0.0970. The van der Waals surface area contributed by atoms with E-state index in [9.17, 15) is 0 Å². The predicted octanol–water partition coefficient (Wildman–Crippen LogP) is 0.526. The Labute approximate surface area is 90.7 Å². The number of methoxy groups -OCH3 is 1. The van der Waals surface area contributed by atoms with Crippen molar-refractivity contribution >= 4 is 5.84 Å². The summed E-state index contributed by atoms with van der Waals surface area (Å²) in [5, 5.41) is 14.7. The van der Waals surface area contributed by atoms with Crippen LogP contribution < -0.4 is 11.1 Å². The summed E-state index contributed by atoms with van der Waals surface area (Å²) in [7, 11) is 1.75. The van der Waals surface area contributed by atoms with Crippen molar-refractivity contribution in [3.63, 3.8) is 0 Å². The van der Waals surface area contributed by atoms with Gasteiger partial charge in [-0.15, -0.1) is 0 Å². The predicted molar refractivity (Wildman–Crippen MR) is 59.0 cm³/mol. The van der Waals surface area contributed by atoms with Crippen LogP contribution in [0.15, 0.2) is 5.16 Å². The molecule has 0 amide bonds. The minimum atomic E-state index is 0.167. The molecule has 1 aliphatic carbocycles. The van der Waals surface area contributed by atoms with Gasteiger partial charge in [0, 0.05) is 31.5 Å². The highest BCUT2D eigenvalue weighted by molar-refractivity contribution is 5.79. The summed E-state index contributed by atoms with van der Waals surface area (Å²) in [5.74, 6) is 0.267. The molecular weight excluding hydrogens is 194 g/mol. The molecule has 0 saturated heterocycles. The minimum absolute atomic E-state index is 0.167. The molecule has 0 aromatic heterocycles. The SMILES string of the molecule is COC1CC(NCCC(N)=NO)C1(C)C. The summed E-state index contributed by atoms with van der Waals surface area (Å²) in [6, 6.07) is 0.453. The topological polar surface area (TPSA) is 79.9 Å². The fourth-order valence-corrected chi connectivity index (χ4v) is 2.06. The number of ether oxygens (including phenoxy) is 1. The van der Waals surface area contributed by atoms with Crippen LogP contribution in [-0.2, 0) is 4.74 Å². The smallest absolute Gasteiger partial charge is 0.140 e. The second-order valence-electron chi connectivity index (χ2n) is 4.63. The molecule has 0 bridgehead atoms. The van der Waals surface area contributed by atoms with Gasteiger partial charge in [0.25, 0.3) is 0 Å². The van der Waals surface area contributed by atoms with Gasteiger partial charge in [0.1, 0.15) is 5.84 Å². The van der Waals surface area contributed by atoms with Gasteiger partial charge < -0.3 is 21.0 Å². The Kier molecular flexibility index (Phi) is 3.93. The van der Waals surface area contributed by atoms with Gasteiger partial charge >= 0.3 is 0 Å². The third kappa shape index (κ3) is 2.60. The molecule has 4 N–H and O–H groups in total. The molecule has 88 valence electrons. The second-order valence-corrected chi connectivity index (χ2v) is 4.63. The minimum Gasteiger partial charge on any atom is -0.409 e. The molecule has 5 heteroatoms. The van der Waals surface area contributed by atoms with Crippen molar-refractivity contribution < 1.29 is 9.94 Å². The van der Waals surface area contributed by atoms with E-state index in [1.807, 2.05) is 0 Å². The van der Waals surface area contributed by atoms with E-state index in [-0.39, 0.29) is 11.3 Å². The molecule has 2 unspecified atom stereocenters. The first-order valence-electron chi connectivity index (χ1n) is 5.25. The van der Waals surface area contributed by atoms with E-state index in [0.29, 0.717) is 18.6 Å². The Balaban J connectivity index is 2.25. The van der Waals surface area contributed by atoms with Gasteiger partial charge in [0.15, 0.2) is 0 Å². The normalized spacial score (nSPS) is 29.9. The summed E-state index contributed by atoms with van der Waals surface area (Å²) in [4.78, 5) is 0. The number of oxime groups is 1. The Hall–Kier alpha value is -0.810. The largest absolute Gasteiger partial charge is 0.409 e. The lowest BCUT2D eigenvalue weighted by atomic mass is 9.64. The van der Waals surface area contributed by atoms with E-state index in [0.717, 1.165) is 13.0 Å². The fourth-order valence-electron chi connectivity index (χ4n) is 2.06. The summed E-state index contributed by atoms with van der Waals surface area (Å²) < 4.78 is 5.35. The Bertz CT molecular complexity index is 241. The van der Waals surface area contributed by atoms with Crippen molar-refractivity contribution in [2.75, 3.05) is 13.7 Å². The third-order valence-electron chi connectivity index (χ3n) is 3.36. The summed E-state index contributed by atoms with van der Waals surface area (Å²) >= 11 is 0. The first kappa shape index (κ1) is 12.3. The molecule has 0 aromatic rings. The highest BCUT2D eigenvalue weighted by atomic mass is 16.5. The number of nitrogens with one attached hydrogen (secondary N) is 1. The molecule has 0 heterocycles. The van der Waals surface area contributed by atoms with Crippen LogP contribution in [0.2, 0.25) is 0 Å². The number of hydrogen-bond acceptors (Lipinski definition) is 4. The molecule has 1 fully saturated rings. The molecule has 0 spiro atoms. The zero-order valence-corrected chi connectivity index (χ0v) is 9.66. The van der Waals surface area contributed by atoms with Crippen molar-refractivity contribution in [2.45, 2.75) is 38.8 Å². The van der Waals surface area contributed by atoms with Crippen LogP contribution >= 0.6 is 0 Å². The Morgan fingerprint density at radius 1 is 1.67 bits per heavy atom. The zero-order valence-electron chi connectivity index (χ0n) is 9.66. The molecule has 2 atom stereocenters. The standard InChI is InChI=1S/C10H21N3O2/c1-10(2)7(6-8(10)15-3)12-5-4-9(11)13-14/h7-8,12,14H,4-6H2,1-3H3,(H2,11,13). The molecule has 1 rings (SSSR count). The van der Waals surface area contributed by atoms with E-state index < -0.39 is 0 Å². The second kappa shape index (κ2) is 4.81. The maximum Gasteiger partial charge on any atom is 0.140 e. The fraction of sp³-hybridized carbons (Fsp3) is 0.900. The van der Waals surface area contributed by atoms with Gasteiger partial charge in [-0.1, -0.05) is 19.0 Å². The number of hydrogen-bond donors (Lipinski definition) is 3. The van der Waals surface area contributed by atoms with Gasteiger partial charge in [-0.3, -0.25) is 0 Å². The van der Waals surface area contributed by atoms with E-state index >= 15 is 0 Å². The van der Waals surface area contributed by atoms with E-state index in [1.54, 1.807) is 7.11 Å². The van der Waals surface area contributed by atoms with Crippen molar-refractivity contribution in [3.8, 4) is 0 Å². The van der Waals surface area contributed by atoms with Gasteiger partial charge in [0.2, 0.25) is 0 Å². The maximum atomic E-state index is 8.37. The molecule has 0 aromatic carbocycles. The van der Waals surface area contributed by atoms with Gasteiger partial charge in [-0.2, -0.15) is 0 Å². The van der Waals surface area contributed by atoms with Crippen LogP contribution in [0.1, 0.15) is 26.7 Å². The Morgan fingerprint density at radius 3 is 2.80 bits per heavy atom. The number of amidine groups is 1. The van der Waals surface area contributed by atoms with Crippen LogP contribution in [0.3, 0.4) is 0 Å². The van der Waals surface area contributed by atoms with Crippen LogP contribution in [0.25, 0.3) is 0 Å². The molecule has 0 radical (unpaired) electrons. The maximum absolute atomic E-state index is 8.37. The van der Waals surface area contributed by atoms with E-state index in [4.69, 9.17) is 15.7 Å². The van der Waals surface area contributed by atoms with Crippen molar-refractivity contribution in [1.29, 1.82) is 0 Å². The highest BCUT2D eigenvalue weighted by Gasteiger charge is 2.47. The van der Waals surface area contributed by atoms with Crippen molar-refractivity contribution in [2.24, 2.45) is 16.3 Å².